The SMILES string of the molecule is Cn1nc(C(C)(C)C)cc1C1(CN)CCC(F)(F)CC1. The van der Waals surface area contributed by atoms with E-state index in [0.29, 0.717) is 19.4 Å². The van der Waals surface area contributed by atoms with Crippen LogP contribution in [0.25, 0.3) is 0 Å². The minimum absolute atomic E-state index is 0.0512. The lowest BCUT2D eigenvalue weighted by molar-refractivity contribution is -0.0518. The fourth-order valence-electron chi connectivity index (χ4n) is 2.99. The Labute approximate surface area is 119 Å². The fourth-order valence-corrected chi connectivity index (χ4v) is 2.99. The quantitative estimate of drug-likeness (QED) is 0.907. The lowest BCUT2D eigenvalue weighted by atomic mass is 9.70. The van der Waals surface area contributed by atoms with Crippen LogP contribution in [0, 0.1) is 0 Å². The molecule has 0 aromatic carbocycles. The van der Waals surface area contributed by atoms with Crippen molar-refractivity contribution < 1.29 is 8.78 Å². The summed E-state index contributed by atoms with van der Waals surface area (Å²) in [6.45, 7) is 6.70. The number of nitrogens with two attached hydrogens (primary N) is 1. The van der Waals surface area contributed by atoms with Crippen LogP contribution in [-0.2, 0) is 17.9 Å². The van der Waals surface area contributed by atoms with E-state index >= 15 is 0 Å². The maximum atomic E-state index is 13.4. The number of alkyl halides is 2. The summed E-state index contributed by atoms with van der Waals surface area (Å²) in [6, 6.07) is 2.05. The van der Waals surface area contributed by atoms with Crippen molar-refractivity contribution in [3.63, 3.8) is 0 Å². The van der Waals surface area contributed by atoms with Gasteiger partial charge in [-0.1, -0.05) is 20.8 Å². The average Bonchev–Trinajstić information content (AvgIpc) is 2.73. The van der Waals surface area contributed by atoms with Gasteiger partial charge >= 0.3 is 0 Å². The van der Waals surface area contributed by atoms with Crippen molar-refractivity contribution in [3.8, 4) is 0 Å². The molecule has 1 heterocycles. The van der Waals surface area contributed by atoms with Crippen molar-refractivity contribution in [1.29, 1.82) is 0 Å². The second-order valence-corrected chi connectivity index (χ2v) is 7.13. The molecule has 1 saturated carbocycles. The van der Waals surface area contributed by atoms with Crippen molar-refractivity contribution in [2.45, 2.75) is 63.2 Å². The largest absolute Gasteiger partial charge is 0.330 e. The molecule has 5 heteroatoms. The lowest BCUT2D eigenvalue weighted by Crippen LogP contribution is -2.43. The van der Waals surface area contributed by atoms with E-state index in [1.807, 2.05) is 11.7 Å². The zero-order valence-electron chi connectivity index (χ0n) is 12.8. The van der Waals surface area contributed by atoms with E-state index in [1.165, 1.54) is 0 Å². The highest BCUT2D eigenvalue weighted by molar-refractivity contribution is 5.26. The Morgan fingerprint density at radius 1 is 1.25 bits per heavy atom. The van der Waals surface area contributed by atoms with Crippen LogP contribution in [0.5, 0.6) is 0 Å². The van der Waals surface area contributed by atoms with Gasteiger partial charge in [0.1, 0.15) is 0 Å². The third kappa shape index (κ3) is 2.73. The molecular weight excluding hydrogens is 260 g/mol. The van der Waals surface area contributed by atoms with E-state index in [1.54, 1.807) is 0 Å². The summed E-state index contributed by atoms with van der Waals surface area (Å²) < 4.78 is 28.7. The second kappa shape index (κ2) is 4.79. The van der Waals surface area contributed by atoms with Gasteiger partial charge in [0.15, 0.2) is 0 Å². The highest BCUT2D eigenvalue weighted by Gasteiger charge is 2.45. The Kier molecular flexibility index (Phi) is 3.70. The number of halogens is 2. The van der Waals surface area contributed by atoms with Crippen molar-refractivity contribution >= 4 is 0 Å². The van der Waals surface area contributed by atoms with Gasteiger partial charge in [-0.05, 0) is 18.9 Å². The predicted octanol–water partition coefficient (Wildman–Crippen LogP) is 3.12. The van der Waals surface area contributed by atoms with E-state index in [4.69, 9.17) is 5.73 Å². The van der Waals surface area contributed by atoms with E-state index in [9.17, 15) is 8.78 Å². The molecule has 3 nitrogen and oxygen atoms in total. The molecule has 0 atom stereocenters. The van der Waals surface area contributed by atoms with Gasteiger partial charge in [-0.25, -0.2) is 8.78 Å². The molecule has 20 heavy (non-hydrogen) atoms. The summed E-state index contributed by atoms with van der Waals surface area (Å²) in [5, 5.41) is 4.56. The maximum absolute atomic E-state index is 13.4. The lowest BCUT2D eigenvalue weighted by Gasteiger charge is -2.39. The van der Waals surface area contributed by atoms with Gasteiger partial charge in [0.2, 0.25) is 5.92 Å². The Morgan fingerprint density at radius 2 is 1.80 bits per heavy atom. The summed E-state index contributed by atoms with van der Waals surface area (Å²) in [5.74, 6) is -2.54. The van der Waals surface area contributed by atoms with Crippen molar-refractivity contribution in [3.05, 3.63) is 17.5 Å². The third-order valence-corrected chi connectivity index (χ3v) is 4.52. The topological polar surface area (TPSA) is 43.8 Å². The number of aryl methyl sites for hydroxylation is 1. The Hall–Kier alpha value is -0.970. The fraction of sp³-hybridized carbons (Fsp3) is 0.800. The summed E-state index contributed by atoms with van der Waals surface area (Å²) >= 11 is 0. The standard InChI is InChI=1S/C15H25F2N3/c1-13(2,3)11-9-12(20(4)19-11)14(10-18)5-7-15(16,17)8-6-14/h9H,5-8,10,18H2,1-4H3. The molecule has 0 saturated heterocycles. The van der Waals surface area contributed by atoms with Crippen molar-refractivity contribution in [2.24, 2.45) is 12.8 Å². The minimum Gasteiger partial charge on any atom is -0.330 e. The van der Waals surface area contributed by atoms with E-state index in [0.717, 1.165) is 11.4 Å². The maximum Gasteiger partial charge on any atom is 0.248 e. The zero-order chi connectivity index (χ0) is 15.2. The van der Waals surface area contributed by atoms with Crippen molar-refractivity contribution in [1.82, 2.24) is 9.78 Å². The van der Waals surface area contributed by atoms with Crippen molar-refractivity contribution in [2.75, 3.05) is 6.54 Å². The number of hydrogen-bond donors (Lipinski definition) is 1. The normalized spacial score (nSPS) is 21.9. The summed E-state index contributed by atoms with van der Waals surface area (Å²) in [7, 11) is 1.88. The molecule has 0 amide bonds. The van der Waals surface area contributed by atoms with Crippen LogP contribution in [0.1, 0.15) is 57.8 Å². The van der Waals surface area contributed by atoms with Gasteiger partial charge < -0.3 is 5.73 Å². The van der Waals surface area contributed by atoms with Crippen LogP contribution < -0.4 is 5.73 Å². The molecule has 2 rings (SSSR count). The zero-order valence-corrected chi connectivity index (χ0v) is 12.8. The Morgan fingerprint density at radius 3 is 2.20 bits per heavy atom. The van der Waals surface area contributed by atoms with Crippen LogP contribution in [-0.4, -0.2) is 22.2 Å². The number of aromatic nitrogens is 2. The molecule has 0 aliphatic heterocycles. The average molecular weight is 285 g/mol. The van der Waals surface area contributed by atoms with Gasteiger partial charge in [-0.3, -0.25) is 4.68 Å². The number of rotatable bonds is 2. The molecule has 114 valence electrons. The molecule has 1 aromatic heterocycles. The highest BCUT2D eigenvalue weighted by atomic mass is 19.3. The van der Waals surface area contributed by atoms with E-state index in [2.05, 4.69) is 31.9 Å². The Balaban J connectivity index is 2.36. The molecule has 0 spiro atoms. The molecule has 1 aliphatic rings. The molecular formula is C15H25F2N3. The van der Waals surface area contributed by atoms with Gasteiger partial charge in [-0.2, -0.15) is 5.10 Å². The first-order valence-corrected chi connectivity index (χ1v) is 7.23. The van der Waals surface area contributed by atoms with Gasteiger partial charge in [0, 0.05) is 43.0 Å². The second-order valence-electron chi connectivity index (χ2n) is 7.13. The first kappa shape index (κ1) is 15.4. The molecule has 0 unspecified atom stereocenters. The van der Waals surface area contributed by atoms with Crippen LogP contribution in [0.2, 0.25) is 0 Å². The van der Waals surface area contributed by atoms with Crippen LogP contribution in [0.15, 0.2) is 6.07 Å². The van der Waals surface area contributed by atoms with E-state index in [-0.39, 0.29) is 23.7 Å². The van der Waals surface area contributed by atoms with Crippen LogP contribution >= 0.6 is 0 Å². The van der Waals surface area contributed by atoms with E-state index < -0.39 is 5.92 Å². The minimum atomic E-state index is -2.54. The smallest absolute Gasteiger partial charge is 0.248 e. The first-order chi connectivity index (χ1) is 9.10. The van der Waals surface area contributed by atoms with Gasteiger partial charge in [-0.15, -0.1) is 0 Å². The van der Waals surface area contributed by atoms with Crippen LogP contribution in [0.3, 0.4) is 0 Å². The third-order valence-electron chi connectivity index (χ3n) is 4.52. The highest BCUT2D eigenvalue weighted by Crippen LogP contribution is 2.45. The predicted molar refractivity (Wildman–Crippen MR) is 76.1 cm³/mol. The van der Waals surface area contributed by atoms with Crippen LogP contribution in [0.4, 0.5) is 8.78 Å². The molecule has 0 bridgehead atoms. The number of nitrogens with zero attached hydrogens (tertiary/aromatic N) is 2. The number of hydrogen-bond acceptors (Lipinski definition) is 2. The molecule has 1 aliphatic carbocycles. The first-order valence-electron chi connectivity index (χ1n) is 7.23. The molecule has 0 radical (unpaired) electrons. The van der Waals surface area contributed by atoms with Gasteiger partial charge in [0.05, 0.1) is 5.69 Å². The molecule has 1 fully saturated rings. The summed E-state index contributed by atoms with van der Waals surface area (Å²) in [4.78, 5) is 0. The van der Waals surface area contributed by atoms with Gasteiger partial charge in [0.25, 0.3) is 0 Å². The Bertz CT molecular complexity index is 476. The molecule has 1 aromatic rings. The summed E-state index contributed by atoms with van der Waals surface area (Å²) in [6.07, 6.45) is 0.694. The molecule has 2 N–H and O–H groups in total. The summed E-state index contributed by atoms with van der Waals surface area (Å²) in [5.41, 5.74) is 7.54. The monoisotopic (exact) mass is 285 g/mol.